The number of nitrogens with one attached hydrogen (secondary N) is 1. The maximum atomic E-state index is 12.0. The van der Waals surface area contributed by atoms with Gasteiger partial charge in [0.25, 0.3) is 0 Å². The van der Waals surface area contributed by atoms with Crippen LogP contribution in [0.5, 0.6) is 0 Å². The van der Waals surface area contributed by atoms with Crippen molar-refractivity contribution < 1.29 is 4.79 Å². The minimum Gasteiger partial charge on any atom is -0.334 e. The first-order valence-corrected chi connectivity index (χ1v) is 5.75. The lowest BCUT2D eigenvalue weighted by molar-refractivity contribution is -0.136. The van der Waals surface area contributed by atoms with Crippen LogP contribution in [0.25, 0.3) is 0 Å². The van der Waals surface area contributed by atoms with Crippen LogP contribution in [-0.4, -0.2) is 33.6 Å². The molecule has 2 atom stereocenters. The molecule has 2 rings (SSSR count). The van der Waals surface area contributed by atoms with E-state index in [9.17, 15) is 4.79 Å². The van der Waals surface area contributed by atoms with Gasteiger partial charge in [0, 0.05) is 18.3 Å². The highest BCUT2D eigenvalue weighted by Crippen LogP contribution is 2.30. The first-order chi connectivity index (χ1) is 7.70. The molecule has 0 aliphatic carbocycles. The van der Waals surface area contributed by atoms with Crippen molar-refractivity contribution in [1.29, 1.82) is 0 Å². The second-order valence-corrected chi connectivity index (χ2v) is 4.36. The zero-order chi connectivity index (χ0) is 11.5. The quantitative estimate of drug-likeness (QED) is 0.777. The first-order valence-electron chi connectivity index (χ1n) is 5.75. The molecule has 1 unspecified atom stereocenters. The van der Waals surface area contributed by atoms with E-state index in [0.29, 0.717) is 0 Å². The first kappa shape index (κ1) is 11.1. The summed E-state index contributed by atoms with van der Waals surface area (Å²) < 4.78 is 0. The molecule has 88 valence electrons. The molecular formula is C11H18N4O. The number of nitrogens with zero attached hydrogens (tertiary/aromatic N) is 2. The number of likely N-dealkylation sites (tertiary alicyclic amines) is 1. The number of hydrogen-bond acceptors (Lipinski definition) is 3. The molecule has 0 aromatic carbocycles. The molecule has 1 aliphatic heterocycles. The summed E-state index contributed by atoms with van der Waals surface area (Å²) >= 11 is 0. The Hall–Kier alpha value is -1.36. The SMILES string of the molecule is C[C@@H](N)C(=O)N1CCCCC1c1cn[nH]c1. The Labute approximate surface area is 95.0 Å². The Bertz CT molecular complexity index is 347. The molecule has 0 bridgehead atoms. The molecule has 3 N–H and O–H groups in total. The lowest BCUT2D eigenvalue weighted by atomic mass is 9.97. The van der Waals surface area contributed by atoms with Gasteiger partial charge in [-0.25, -0.2) is 0 Å². The van der Waals surface area contributed by atoms with E-state index in [1.807, 2.05) is 11.1 Å². The minimum atomic E-state index is -0.424. The van der Waals surface area contributed by atoms with Crippen LogP contribution >= 0.6 is 0 Å². The second-order valence-electron chi connectivity index (χ2n) is 4.36. The Morgan fingerprint density at radius 1 is 1.69 bits per heavy atom. The number of amides is 1. The average Bonchev–Trinajstić information content (AvgIpc) is 2.81. The second kappa shape index (κ2) is 4.65. The van der Waals surface area contributed by atoms with Crippen LogP contribution in [0.4, 0.5) is 0 Å². The van der Waals surface area contributed by atoms with Crippen LogP contribution in [0.1, 0.15) is 37.8 Å². The predicted octanol–water partition coefficient (Wildman–Crippen LogP) is 0.810. The average molecular weight is 222 g/mol. The number of carbonyl (C=O) groups excluding carboxylic acids is 1. The molecule has 0 radical (unpaired) electrons. The van der Waals surface area contributed by atoms with Gasteiger partial charge in [0.15, 0.2) is 0 Å². The lowest BCUT2D eigenvalue weighted by Gasteiger charge is -2.36. The summed E-state index contributed by atoms with van der Waals surface area (Å²) in [5.74, 6) is 0.0332. The standard InChI is InChI=1S/C11H18N4O/c1-8(12)11(16)15-5-3-2-4-10(15)9-6-13-14-7-9/h6-8,10H,2-5,12H2,1H3,(H,13,14)/t8-,10?/m1/s1. The van der Waals surface area contributed by atoms with Gasteiger partial charge in [-0.3, -0.25) is 9.89 Å². The van der Waals surface area contributed by atoms with E-state index in [0.717, 1.165) is 31.4 Å². The molecular weight excluding hydrogens is 204 g/mol. The molecule has 1 aromatic heterocycles. The molecule has 5 nitrogen and oxygen atoms in total. The minimum absolute atomic E-state index is 0.0332. The Kier molecular flexibility index (Phi) is 3.24. The molecule has 1 amide bonds. The summed E-state index contributed by atoms with van der Waals surface area (Å²) in [5, 5.41) is 6.74. The van der Waals surface area contributed by atoms with E-state index in [1.165, 1.54) is 0 Å². The van der Waals surface area contributed by atoms with E-state index in [4.69, 9.17) is 5.73 Å². The van der Waals surface area contributed by atoms with Crippen LogP contribution in [0.15, 0.2) is 12.4 Å². The Balaban J connectivity index is 2.17. The van der Waals surface area contributed by atoms with E-state index in [-0.39, 0.29) is 11.9 Å². The Morgan fingerprint density at radius 3 is 3.12 bits per heavy atom. The van der Waals surface area contributed by atoms with Gasteiger partial charge in [-0.2, -0.15) is 5.10 Å². The molecule has 5 heteroatoms. The summed E-state index contributed by atoms with van der Waals surface area (Å²) in [7, 11) is 0. The van der Waals surface area contributed by atoms with Crippen molar-refractivity contribution in [2.45, 2.75) is 38.3 Å². The summed E-state index contributed by atoms with van der Waals surface area (Å²) in [6.45, 7) is 2.54. The van der Waals surface area contributed by atoms with Crippen molar-refractivity contribution in [1.82, 2.24) is 15.1 Å². The van der Waals surface area contributed by atoms with Gasteiger partial charge in [0.1, 0.15) is 0 Å². The number of carbonyl (C=O) groups is 1. The molecule has 0 saturated carbocycles. The fourth-order valence-corrected chi connectivity index (χ4v) is 2.25. The largest absolute Gasteiger partial charge is 0.334 e. The lowest BCUT2D eigenvalue weighted by Crippen LogP contribution is -2.46. The van der Waals surface area contributed by atoms with Crippen LogP contribution in [-0.2, 0) is 4.79 Å². The highest BCUT2D eigenvalue weighted by molar-refractivity contribution is 5.81. The summed E-state index contributed by atoms with van der Waals surface area (Å²) in [6.07, 6.45) is 6.86. The number of rotatable bonds is 2. The van der Waals surface area contributed by atoms with E-state index < -0.39 is 6.04 Å². The number of hydrogen-bond donors (Lipinski definition) is 2. The van der Waals surface area contributed by atoms with E-state index >= 15 is 0 Å². The zero-order valence-corrected chi connectivity index (χ0v) is 9.52. The van der Waals surface area contributed by atoms with Crippen molar-refractivity contribution in [2.24, 2.45) is 5.73 Å². The maximum Gasteiger partial charge on any atom is 0.239 e. The number of H-pyrrole nitrogens is 1. The van der Waals surface area contributed by atoms with Crippen molar-refractivity contribution in [3.63, 3.8) is 0 Å². The predicted molar refractivity (Wildman–Crippen MR) is 60.5 cm³/mol. The zero-order valence-electron chi connectivity index (χ0n) is 9.52. The van der Waals surface area contributed by atoms with Crippen LogP contribution < -0.4 is 5.73 Å². The van der Waals surface area contributed by atoms with Crippen LogP contribution in [0, 0.1) is 0 Å². The summed E-state index contributed by atoms with van der Waals surface area (Å²) in [6, 6.07) is -0.279. The van der Waals surface area contributed by atoms with Crippen molar-refractivity contribution in [3.05, 3.63) is 18.0 Å². The van der Waals surface area contributed by atoms with Crippen molar-refractivity contribution in [2.75, 3.05) is 6.54 Å². The summed E-state index contributed by atoms with van der Waals surface area (Å²) in [5.41, 5.74) is 6.75. The number of aromatic amines is 1. The van der Waals surface area contributed by atoms with Crippen molar-refractivity contribution >= 4 is 5.91 Å². The van der Waals surface area contributed by atoms with Gasteiger partial charge in [-0.05, 0) is 26.2 Å². The molecule has 0 spiro atoms. The van der Waals surface area contributed by atoms with Gasteiger partial charge in [-0.1, -0.05) is 0 Å². The molecule has 1 fully saturated rings. The number of nitrogens with two attached hydrogens (primary N) is 1. The fourth-order valence-electron chi connectivity index (χ4n) is 2.25. The van der Waals surface area contributed by atoms with Crippen LogP contribution in [0.2, 0.25) is 0 Å². The molecule has 2 heterocycles. The number of piperidine rings is 1. The van der Waals surface area contributed by atoms with Gasteiger partial charge in [-0.15, -0.1) is 0 Å². The van der Waals surface area contributed by atoms with Gasteiger partial charge in [0.2, 0.25) is 5.91 Å². The van der Waals surface area contributed by atoms with Gasteiger partial charge >= 0.3 is 0 Å². The summed E-state index contributed by atoms with van der Waals surface area (Å²) in [4.78, 5) is 13.9. The van der Waals surface area contributed by atoms with Crippen molar-refractivity contribution in [3.8, 4) is 0 Å². The smallest absolute Gasteiger partial charge is 0.239 e. The van der Waals surface area contributed by atoms with E-state index in [2.05, 4.69) is 10.2 Å². The molecule has 1 aliphatic rings. The third-order valence-corrected chi connectivity index (χ3v) is 3.08. The van der Waals surface area contributed by atoms with E-state index in [1.54, 1.807) is 13.1 Å². The molecule has 16 heavy (non-hydrogen) atoms. The molecule has 1 aromatic rings. The number of aromatic nitrogens is 2. The highest BCUT2D eigenvalue weighted by Gasteiger charge is 2.29. The van der Waals surface area contributed by atoms with Gasteiger partial charge < -0.3 is 10.6 Å². The molecule has 1 saturated heterocycles. The Morgan fingerprint density at radius 2 is 2.50 bits per heavy atom. The normalized spacial score (nSPS) is 23.1. The van der Waals surface area contributed by atoms with Gasteiger partial charge in [0.05, 0.1) is 18.3 Å². The topological polar surface area (TPSA) is 75.0 Å². The third-order valence-electron chi connectivity index (χ3n) is 3.08. The van der Waals surface area contributed by atoms with Crippen LogP contribution in [0.3, 0.4) is 0 Å². The third kappa shape index (κ3) is 2.09. The fraction of sp³-hybridized carbons (Fsp3) is 0.636. The maximum absolute atomic E-state index is 12.0. The highest BCUT2D eigenvalue weighted by atomic mass is 16.2. The monoisotopic (exact) mass is 222 g/mol.